The number of pyridine rings is 1. The summed E-state index contributed by atoms with van der Waals surface area (Å²) in [5, 5.41) is 1.43. The zero-order valence-electron chi connectivity index (χ0n) is 14.9. The highest BCUT2D eigenvalue weighted by atomic mass is 127. The maximum absolute atomic E-state index is 13.0. The van der Waals surface area contributed by atoms with Gasteiger partial charge in [-0.1, -0.05) is 23.7 Å². The smallest absolute Gasteiger partial charge is 0.251 e. The average molecular weight is 500 g/mol. The van der Waals surface area contributed by atoms with E-state index in [1.54, 1.807) is 29.8 Å². The number of aryl methyl sites for hydroxylation is 1. The van der Waals surface area contributed by atoms with Crippen LogP contribution in [0.3, 0.4) is 0 Å². The van der Waals surface area contributed by atoms with E-state index in [4.69, 9.17) is 11.6 Å². The fraction of sp³-hybridized carbons (Fsp3) is 0.0435. The number of halogens is 2. The molecule has 28 heavy (non-hydrogen) atoms. The van der Waals surface area contributed by atoms with Gasteiger partial charge >= 0.3 is 0 Å². The summed E-state index contributed by atoms with van der Waals surface area (Å²) in [6.45, 7) is 0. The van der Waals surface area contributed by atoms with Crippen LogP contribution in [0.2, 0.25) is 5.02 Å². The third-order valence-electron chi connectivity index (χ3n) is 4.75. The van der Waals surface area contributed by atoms with Crippen molar-refractivity contribution in [3.8, 4) is 11.1 Å². The Kier molecular flexibility index (Phi) is 5.08. The average Bonchev–Trinajstić information content (AvgIpc) is 2.70. The predicted molar refractivity (Wildman–Crippen MR) is 122 cm³/mol. The SMILES string of the molecule is Cn1c(=O)cc(-c2cccc(Cl)c2)c2cc(C(=O)c3ccc(I)cc3)ccc21. The molecule has 0 spiro atoms. The third-order valence-corrected chi connectivity index (χ3v) is 5.70. The summed E-state index contributed by atoms with van der Waals surface area (Å²) in [7, 11) is 1.73. The van der Waals surface area contributed by atoms with Crippen molar-refractivity contribution in [1.82, 2.24) is 4.57 Å². The van der Waals surface area contributed by atoms with Crippen LogP contribution < -0.4 is 5.56 Å². The van der Waals surface area contributed by atoms with E-state index in [0.717, 1.165) is 25.6 Å². The molecule has 4 rings (SSSR count). The third kappa shape index (κ3) is 3.50. The van der Waals surface area contributed by atoms with Gasteiger partial charge in [0.2, 0.25) is 0 Å². The molecule has 5 heteroatoms. The van der Waals surface area contributed by atoms with Crippen molar-refractivity contribution < 1.29 is 4.79 Å². The largest absolute Gasteiger partial charge is 0.311 e. The van der Waals surface area contributed by atoms with Gasteiger partial charge in [-0.25, -0.2) is 0 Å². The first-order valence-corrected chi connectivity index (χ1v) is 10.1. The van der Waals surface area contributed by atoms with Crippen LogP contribution in [-0.2, 0) is 7.05 Å². The van der Waals surface area contributed by atoms with Crippen molar-refractivity contribution in [3.05, 3.63) is 103 Å². The van der Waals surface area contributed by atoms with Gasteiger partial charge in [0, 0.05) is 38.2 Å². The Morgan fingerprint density at radius 1 is 0.929 bits per heavy atom. The molecule has 0 unspecified atom stereocenters. The molecule has 0 N–H and O–H groups in total. The van der Waals surface area contributed by atoms with Crippen molar-refractivity contribution in [2.24, 2.45) is 7.05 Å². The number of nitrogens with zero attached hydrogens (tertiary/aromatic N) is 1. The van der Waals surface area contributed by atoms with Gasteiger partial charge in [0.25, 0.3) is 5.56 Å². The Morgan fingerprint density at radius 3 is 2.36 bits per heavy atom. The Bertz CT molecular complexity index is 1280. The molecule has 0 saturated heterocycles. The Balaban J connectivity index is 1.94. The first-order chi connectivity index (χ1) is 13.4. The van der Waals surface area contributed by atoms with Crippen molar-refractivity contribution in [2.75, 3.05) is 0 Å². The monoisotopic (exact) mass is 499 g/mol. The number of hydrogen-bond acceptors (Lipinski definition) is 2. The molecule has 0 atom stereocenters. The van der Waals surface area contributed by atoms with Gasteiger partial charge in [0.15, 0.2) is 5.78 Å². The maximum Gasteiger partial charge on any atom is 0.251 e. The molecule has 0 bridgehead atoms. The molecule has 0 radical (unpaired) electrons. The summed E-state index contributed by atoms with van der Waals surface area (Å²) in [6.07, 6.45) is 0. The van der Waals surface area contributed by atoms with E-state index in [-0.39, 0.29) is 11.3 Å². The van der Waals surface area contributed by atoms with Gasteiger partial charge in [-0.15, -0.1) is 0 Å². The van der Waals surface area contributed by atoms with Gasteiger partial charge in [-0.3, -0.25) is 9.59 Å². The van der Waals surface area contributed by atoms with Crippen molar-refractivity contribution in [3.63, 3.8) is 0 Å². The number of hydrogen-bond donors (Lipinski definition) is 0. The maximum atomic E-state index is 13.0. The van der Waals surface area contributed by atoms with Gasteiger partial charge in [-0.05, 0) is 88.3 Å². The first kappa shape index (κ1) is 18.9. The Labute approximate surface area is 180 Å². The van der Waals surface area contributed by atoms with E-state index in [9.17, 15) is 9.59 Å². The normalized spacial score (nSPS) is 11.0. The molecule has 3 aromatic carbocycles. The number of rotatable bonds is 3. The minimum Gasteiger partial charge on any atom is -0.311 e. The minimum atomic E-state index is -0.112. The molecule has 0 aliphatic carbocycles. The van der Waals surface area contributed by atoms with Crippen molar-refractivity contribution in [1.29, 1.82) is 0 Å². The molecule has 138 valence electrons. The molecule has 0 aliphatic heterocycles. The lowest BCUT2D eigenvalue weighted by atomic mass is 9.96. The highest BCUT2D eigenvalue weighted by Gasteiger charge is 2.14. The summed E-state index contributed by atoms with van der Waals surface area (Å²) in [6, 6.07) is 21.9. The van der Waals surface area contributed by atoms with E-state index in [1.165, 1.54) is 0 Å². The summed E-state index contributed by atoms with van der Waals surface area (Å²) in [4.78, 5) is 25.4. The number of carbonyl (C=O) groups excluding carboxylic acids is 1. The lowest BCUT2D eigenvalue weighted by Crippen LogP contribution is -2.16. The summed E-state index contributed by atoms with van der Waals surface area (Å²) in [5.74, 6) is -0.0517. The van der Waals surface area contributed by atoms with Crippen LogP contribution in [0, 0.1) is 3.57 Å². The predicted octanol–water partition coefficient (Wildman–Crippen LogP) is 5.69. The van der Waals surface area contributed by atoms with Crippen molar-refractivity contribution in [2.45, 2.75) is 0 Å². The van der Waals surface area contributed by atoms with Crippen LogP contribution in [0.25, 0.3) is 22.0 Å². The summed E-state index contributed by atoms with van der Waals surface area (Å²) < 4.78 is 2.66. The lowest BCUT2D eigenvalue weighted by molar-refractivity contribution is 0.103. The van der Waals surface area contributed by atoms with Crippen LogP contribution in [0.4, 0.5) is 0 Å². The van der Waals surface area contributed by atoms with Crippen LogP contribution in [0.15, 0.2) is 77.6 Å². The molecule has 1 aromatic heterocycles. The van der Waals surface area contributed by atoms with Crippen LogP contribution in [0.5, 0.6) is 0 Å². The molecule has 0 amide bonds. The van der Waals surface area contributed by atoms with Crippen molar-refractivity contribution >= 4 is 50.9 Å². The summed E-state index contributed by atoms with van der Waals surface area (Å²) in [5.41, 5.74) is 3.47. The molecule has 0 aliphatic rings. The Hall–Kier alpha value is -2.44. The van der Waals surface area contributed by atoms with E-state index >= 15 is 0 Å². The first-order valence-electron chi connectivity index (χ1n) is 8.64. The van der Waals surface area contributed by atoms with Gasteiger partial charge in [0.05, 0.1) is 5.52 Å². The zero-order valence-corrected chi connectivity index (χ0v) is 17.9. The van der Waals surface area contributed by atoms with Gasteiger partial charge < -0.3 is 4.57 Å². The van der Waals surface area contributed by atoms with Gasteiger partial charge in [-0.2, -0.15) is 0 Å². The number of aromatic nitrogens is 1. The number of ketones is 1. The highest BCUT2D eigenvalue weighted by Crippen LogP contribution is 2.30. The standard InChI is InChI=1S/C23H15ClINO2/c1-26-21-10-7-16(23(28)14-5-8-18(25)9-6-14)12-20(21)19(13-22(26)27)15-3-2-4-17(24)11-15/h2-13H,1H3. The minimum absolute atomic E-state index is 0.0517. The number of fused-ring (bicyclic) bond motifs is 1. The number of benzene rings is 3. The van der Waals surface area contributed by atoms with Gasteiger partial charge in [0.1, 0.15) is 0 Å². The van der Waals surface area contributed by atoms with E-state index in [0.29, 0.717) is 16.1 Å². The second kappa shape index (κ2) is 7.53. The molecular formula is C23H15ClINO2. The summed E-state index contributed by atoms with van der Waals surface area (Å²) >= 11 is 8.37. The topological polar surface area (TPSA) is 39.1 Å². The molecule has 0 fully saturated rings. The molecule has 1 heterocycles. The van der Waals surface area contributed by atoms with Crippen LogP contribution in [0.1, 0.15) is 15.9 Å². The highest BCUT2D eigenvalue weighted by molar-refractivity contribution is 14.1. The quantitative estimate of drug-likeness (QED) is 0.268. The molecule has 4 aromatic rings. The number of carbonyl (C=O) groups is 1. The second-order valence-electron chi connectivity index (χ2n) is 6.53. The molecule has 3 nitrogen and oxygen atoms in total. The van der Waals surface area contributed by atoms with Crippen LogP contribution >= 0.6 is 34.2 Å². The Morgan fingerprint density at radius 2 is 1.64 bits per heavy atom. The van der Waals surface area contributed by atoms with E-state index in [2.05, 4.69) is 22.6 Å². The fourth-order valence-corrected chi connectivity index (χ4v) is 3.81. The van der Waals surface area contributed by atoms with Crippen LogP contribution in [-0.4, -0.2) is 10.4 Å². The molecule has 0 saturated carbocycles. The van der Waals surface area contributed by atoms with E-state index < -0.39 is 0 Å². The lowest BCUT2D eigenvalue weighted by Gasteiger charge is -2.12. The molecular weight excluding hydrogens is 485 g/mol. The second-order valence-corrected chi connectivity index (χ2v) is 8.22. The fourth-order valence-electron chi connectivity index (χ4n) is 3.27. The van der Waals surface area contributed by atoms with E-state index in [1.807, 2.05) is 54.6 Å². The zero-order chi connectivity index (χ0) is 19.8.